The van der Waals surface area contributed by atoms with Crippen molar-refractivity contribution in [3.8, 4) is 0 Å². The van der Waals surface area contributed by atoms with Gasteiger partial charge >= 0.3 is 0 Å². The minimum Gasteiger partial charge on any atom is -0.448 e. The van der Waals surface area contributed by atoms with Crippen LogP contribution in [0.15, 0.2) is 23.1 Å². The molecule has 0 atom stereocenters. The highest BCUT2D eigenvalue weighted by molar-refractivity contribution is 5.92. The highest BCUT2D eigenvalue weighted by Gasteiger charge is 2.19. The summed E-state index contributed by atoms with van der Waals surface area (Å²) in [6.45, 7) is 2.18. The molecule has 3 rings (SSSR count). The summed E-state index contributed by atoms with van der Waals surface area (Å²) < 4.78 is 7.01. The number of aromatic nitrogens is 3. The molecule has 106 valence electrons. The van der Waals surface area contributed by atoms with Gasteiger partial charge in [-0.05, 0) is 25.8 Å². The average Bonchev–Trinajstić information content (AvgIpc) is 3.17. The Balaban J connectivity index is 1.61. The lowest BCUT2D eigenvalue weighted by Gasteiger charge is -2.08. The van der Waals surface area contributed by atoms with Crippen LogP contribution in [0.1, 0.15) is 53.7 Å². The molecule has 1 aliphatic carbocycles. The van der Waals surface area contributed by atoms with Gasteiger partial charge in [-0.2, -0.15) is 5.10 Å². The minimum absolute atomic E-state index is 0.177. The lowest BCUT2D eigenvalue weighted by molar-refractivity contribution is 0.0944. The van der Waals surface area contributed by atoms with Crippen LogP contribution in [0, 0.1) is 6.92 Å². The van der Waals surface area contributed by atoms with E-state index in [9.17, 15) is 4.79 Å². The van der Waals surface area contributed by atoms with Crippen molar-refractivity contribution < 1.29 is 9.21 Å². The Morgan fingerprint density at radius 3 is 3.00 bits per heavy atom. The fraction of sp³-hybridized carbons (Fsp3) is 0.500. The molecule has 0 aliphatic heterocycles. The van der Waals surface area contributed by atoms with E-state index in [0.717, 1.165) is 24.3 Å². The van der Waals surface area contributed by atoms with Crippen molar-refractivity contribution in [2.45, 2.75) is 45.2 Å². The molecular weight excluding hydrogens is 256 g/mol. The van der Waals surface area contributed by atoms with Crippen LogP contribution in [0.4, 0.5) is 0 Å². The van der Waals surface area contributed by atoms with E-state index >= 15 is 0 Å². The van der Waals surface area contributed by atoms with Crippen molar-refractivity contribution in [2.75, 3.05) is 0 Å². The molecule has 0 radical (unpaired) electrons. The number of aryl methyl sites for hydroxylation is 1. The zero-order chi connectivity index (χ0) is 13.9. The number of nitrogens with zero attached hydrogens (tertiary/aromatic N) is 3. The molecule has 2 heterocycles. The van der Waals surface area contributed by atoms with Crippen molar-refractivity contribution in [1.82, 2.24) is 20.1 Å². The van der Waals surface area contributed by atoms with Gasteiger partial charge < -0.3 is 9.73 Å². The predicted molar refractivity (Wildman–Crippen MR) is 72.1 cm³/mol. The van der Waals surface area contributed by atoms with Crippen LogP contribution in [0.2, 0.25) is 0 Å². The molecule has 0 aromatic carbocycles. The van der Waals surface area contributed by atoms with Crippen molar-refractivity contribution >= 4 is 5.91 Å². The van der Waals surface area contributed by atoms with Crippen LogP contribution in [-0.2, 0) is 6.54 Å². The highest BCUT2D eigenvalue weighted by Crippen LogP contribution is 2.28. The number of rotatable bonds is 4. The third kappa shape index (κ3) is 2.59. The van der Waals surface area contributed by atoms with E-state index in [4.69, 9.17) is 4.42 Å². The van der Waals surface area contributed by atoms with E-state index < -0.39 is 0 Å². The zero-order valence-electron chi connectivity index (χ0n) is 11.5. The SMILES string of the molecule is Cc1ocnc1CNC(=O)c1ccn(C2CCCC2)n1. The second-order valence-electron chi connectivity index (χ2n) is 5.16. The van der Waals surface area contributed by atoms with Crippen LogP contribution >= 0.6 is 0 Å². The molecule has 20 heavy (non-hydrogen) atoms. The number of nitrogens with one attached hydrogen (secondary N) is 1. The largest absolute Gasteiger partial charge is 0.448 e. The number of carbonyl (C=O) groups is 1. The number of hydrogen-bond acceptors (Lipinski definition) is 4. The molecule has 1 aliphatic rings. The fourth-order valence-corrected chi connectivity index (χ4v) is 2.58. The van der Waals surface area contributed by atoms with E-state index in [2.05, 4.69) is 15.4 Å². The van der Waals surface area contributed by atoms with Gasteiger partial charge in [0.15, 0.2) is 6.39 Å². The maximum absolute atomic E-state index is 12.0. The monoisotopic (exact) mass is 274 g/mol. The first-order valence-corrected chi connectivity index (χ1v) is 6.96. The highest BCUT2D eigenvalue weighted by atomic mass is 16.3. The second-order valence-corrected chi connectivity index (χ2v) is 5.16. The molecule has 0 bridgehead atoms. The Morgan fingerprint density at radius 2 is 2.30 bits per heavy atom. The van der Waals surface area contributed by atoms with Crippen LogP contribution < -0.4 is 5.32 Å². The fourth-order valence-electron chi connectivity index (χ4n) is 2.58. The smallest absolute Gasteiger partial charge is 0.272 e. The number of amides is 1. The summed E-state index contributed by atoms with van der Waals surface area (Å²) >= 11 is 0. The first kappa shape index (κ1) is 12.9. The molecule has 2 aromatic rings. The topological polar surface area (TPSA) is 73.0 Å². The number of oxazole rings is 1. The van der Waals surface area contributed by atoms with E-state index in [-0.39, 0.29) is 5.91 Å². The summed E-state index contributed by atoms with van der Waals surface area (Å²) in [5.41, 5.74) is 1.20. The first-order valence-electron chi connectivity index (χ1n) is 6.96. The molecule has 1 amide bonds. The second kappa shape index (κ2) is 5.48. The summed E-state index contributed by atoms with van der Waals surface area (Å²) in [5, 5.41) is 7.18. The predicted octanol–water partition coefficient (Wildman–Crippen LogP) is 2.22. The normalized spacial score (nSPS) is 15.7. The van der Waals surface area contributed by atoms with E-state index in [1.807, 2.05) is 17.8 Å². The minimum atomic E-state index is -0.177. The quantitative estimate of drug-likeness (QED) is 0.927. The van der Waals surface area contributed by atoms with Crippen molar-refractivity contribution in [3.63, 3.8) is 0 Å². The van der Waals surface area contributed by atoms with E-state index in [1.165, 1.54) is 19.2 Å². The lowest BCUT2D eigenvalue weighted by atomic mass is 10.3. The van der Waals surface area contributed by atoms with Crippen LogP contribution in [0.5, 0.6) is 0 Å². The van der Waals surface area contributed by atoms with Gasteiger partial charge in [-0.1, -0.05) is 12.8 Å². The summed E-state index contributed by atoms with van der Waals surface area (Å²) in [6, 6.07) is 2.22. The number of carbonyl (C=O) groups excluding carboxylic acids is 1. The molecule has 2 aromatic heterocycles. The molecule has 1 N–H and O–H groups in total. The number of hydrogen-bond donors (Lipinski definition) is 1. The molecule has 6 nitrogen and oxygen atoms in total. The Kier molecular flexibility index (Phi) is 3.54. The van der Waals surface area contributed by atoms with Gasteiger partial charge in [-0.15, -0.1) is 0 Å². The maximum atomic E-state index is 12.0. The van der Waals surface area contributed by atoms with Gasteiger partial charge in [0.25, 0.3) is 5.91 Å². The van der Waals surface area contributed by atoms with Crippen molar-refractivity contribution in [1.29, 1.82) is 0 Å². The Labute approximate surface area is 117 Å². The van der Waals surface area contributed by atoms with Crippen LogP contribution in [0.25, 0.3) is 0 Å². The van der Waals surface area contributed by atoms with E-state index in [0.29, 0.717) is 18.3 Å². The Morgan fingerprint density at radius 1 is 1.50 bits per heavy atom. The molecule has 0 spiro atoms. The molecular formula is C14H18N4O2. The van der Waals surface area contributed by atoms with E-state index in [1.54, 1.807) is 6.07 Å². The van der Waals surface area contributed by atoms with Crippen LogP contribution in [-0.4, -0.2) is 20.7 Å². The molecule has 0 saturated heterocycles. The van der Waals surface area contributed by atoms with Crippen molar-refractivity contribution in [3.05, 3.63) is 35.8 Å². The molecule has 1 fully saturated rings. The van der Waals surface area contributed by atoms with Gasteiger partial charge in [0.05, 0.1) is 12.6 Å². The lowest BCUT2D eigenvalue weighted by Crippen LogP contribution is -2.24. The van der Waals surface area contributed by atoms with Gasteiger partial charge in [0, 0.05) is 6.20 Å². The summed E-state index contributed by atoms with van der Waals surface area (Å²) in [7, 11) is 0. The first-order chi connectivity index (χ1) is 9.74. The molecule has 1 saturated carbocycles. The summed E-state index contributed by atoms with van der Waals surface area (Å²) in [6.07, 6.45) is 8.08. The van der Waals surface area contributed by atoms with Gasteiger partial charge in [0.2, 0.25) is 0 Å². The third-order valence-electron chi connectivity index (χ3n) is 3.80. The summed E-state index contributed by atoms with van der Waals surface area (Å²) in [4.78, 5) is 16.1. The third-order valence-corrected chi connectivity index (χ3v) is 3.80. The Bertz CT molecular complexity index is 596. The average molecular weight is 274 g/mol. The van der Waals surface area contributed by atoms with Gasteiger partial charge in [-0.3, -0.25) is 9.48 Å². The van der Waals surface area contributed by atoms with Crippen LogP contribution in [0.3, 0.4) is 0 Å². The van der Waals surface area contributed by atoms with Crippen molar-refractivity contribution in [2.24, 2.45) is 0 Å². The zero-order valence-corrected chi connectivity index (χ0v) is 11.5. The molecule has 6 heteroatoms. The Hall–Kier alpha value is -2.11. The van der Waals surface area contributed by atoms with Gasteiger partial charge in [-0.25, -0.2) is 4.98 Å². The summed E-state index contributed by atoms with van der Waals surface area (Å²) in [5.74, 6) is 0.547. The maximum Gasteiger partial charge on any atom is 0.272 e. The van der Waals surface area contributed by atoms with Gasteiger partial charge in [0.1, 0.15) is 17.1 Å². The molecule has 0 unspecified atom stereocenters. The standard InChI is InChI=1S/C14H18N4O2/c1-10-13(16-9-20-10)8-15-14(19)12-6-7-18(17-12)11-4-2-3-5-11/h6-7,9,11H,2-5,8H2,1H3,(H,15,19).